The molecule has 0 aromatic heterocycles. The summed E-state index contributed by atoms with van der Waals surface area (Å²) in [7, 11) is 0. The van der Waals surface area contributed by atoms with Crippen LogP contribution in [0.15, 0.2) is 24.3 Å². The standard InChI is InChI=1S/C28H42O6/c1-8-27(33,13-22-11-9-16(2)18(4)20(22)6)26(32)28(34,25(31)24(30)15-29)14-23-12-10-17(3)19(5)21(23)7/h9-12,24-26,29-34H,8,13-15H2,1-7H3/t24-,25+,26+,27?,28+/m0/s1. The minimum absolute atomic E-state index is 0.0494. The van der Waals surface area contributed by atoms with E-state index in [0.717, 1.165) is 38.9 Å². The Morgan fingerprint density at radius 2 is 1.15 bits per heavy atom. The minimum Gasteiger partial charge on any atom is -0.394 e. The molecule has 0 aliphatic carbocycles. The van der Waals surface area contributed by atoms with Gasteiger partial charge < -0.3 is 30.6 Å². The third-order valence-electron chi connectivity index (χ3n) is 7.97. The van der Waals surface area contributed by atoms with Crippen molar-refractivity contribution in [2.75, 3.05) is 6.61 Å². The monoisotopic (exact) mass is 474 g/mol. The van der Waals surface area contributed by atoms with Crippen molar-refractivity contribution in [2.24, 2.45) is 0 Å². The fourth-order valence-electron chi connectivity index (χ4n) is 4.72. The maximum atomic E-state index is 11.8. The number of aryl methyl sites for hydroxylation is 2. The Labute approximate surface area is 203 Å². The third-order valence-corrected chi connectivity index (χ3v) is 7.97. The van der Waals surface area contributed by atoms with Gasteiger partial charge in [-0.15, -0.1) is 0 Å². The Bertz CT molecular complexity index is 1000. The number of benzene rings is 2. The molecule has 34 heavy (non-hydrogen) atoms. The van der Waals surface area contributed by atoms with Crippen LogP contribution in [0.1, 0.15) is 57.9 Å². The van der Waals surface area contributed by atoms with Crippen molar-refractivity contribution in [1.82, 2.24) is 0 Å². The van der Waals surface area contributed by atoms with E-state index < -0.39 is 36.1 Å². The summed E-state index contributed by atoms with van der Waals surface area (Å²) in [5.41, 5.74) is 3.54. The molecule has 0 amide bonds. The molecule has 0 fully saturated rings. The smallest absolute Gasteiger partial charge is 0.126 e. The number of rotatable bonds is 10. The van der Waals surface area contributed by atoms with Gasteiger partial charge in [-0.05, 0) is 92.5 Å². The maximum Gasteiger partial charge on any atom is 0.126 e. The van der Waals surface area contributed by atoms with Crippen LogP contribution in [-0.2, 0) is 12.8 Å². The second kappa shape index (κ2) is 10.9. The van der Waals surface area contributed by atoms with Crippen LogP contribution in [0.4, 0.5) is 0 Å². The van der Waals surface area contributed by atoms with Crippen LogP contribution >= 0.6 is 0 Å². The van der Waals surface area contributed by atoms with Gasteiger partial charge in [0.25, 0.3) is 0 Å². The van der Waals surface area contributed by atoms with Crippen LogP contribution in [0.5, 0.6) is 0 Å². The topological polar surface area (TPSA) is 121 Å². The molecule has 1 unspecified atom stereocenters. The van der Waals surface area contributed by atoms with Crippen molar-refractivity contribution in [3.8, 4) is 0 Å². The Morgan fingerprint density at radius 1 is 0.706 bits per heavy atom. The Balaban J connectivity index is 2.58. The highest BCUT2D eigenvalue weighted by atomic mass is 16.4. The zero-order valence-corrected chi connectivity index (χ0v) is 21.6. The molecule has 2 aromatic rings. The Hall–Kier alpha value is -1.80. The molecule has 0 spiro atoms. The van der Waals surface area contributed by atoms with Crippen LogP contribution < -0.4 is 0 Å². The van der Waals surface area contributed by atoms with Crippen molar-refractivity contribution in [2.45, 2.75) is 97.2 Å². The van der Waals surface area contributed by atoms with E-state index in [4.69, 9.17) is 0 Å². The van der Waals surface area contributed by atoms with Crippen LogP contribution in [0.2, 0.25) is 0 Å². The first-order valence-electron chi connectivity index (χ1n) is 11.9. The lowest BCUT2D eigenvalue weighted by Crippen LogP contribution is -2.66. The lowest BCUT2D eigenvalue weighted by atomic mass is 9.71. The van der Waals surface area contributed by atoms with Crippen LogP contribution in [0.3, 0.4) is 0 Å². The summed E-state index contributed by atoms with van der Waals surface area (Å²) in [6.45, 7) is 12.7. The van der Waals surface area contributed by atoms with Gasteiger partial charge in [0.15, 0.2) is 0 Å². The molecule has 0 aliphatic heterocycles. The van der Waals surface area contributed by atoms with E-state index in [0.29, 0.717) is 5.56 Å². The highest BCUT2D eigenvalue weighted by Gasteiger charge is 2.54. The van der Waals surface area contributed by atoms with Gasteiger partial charge in [-0.2, -0.15) is 0 Å². The molecule has 6 nitrogen and oxygen atoms in total. The zero-order chi connectivity index (χ0) is 26.0. The predicted molar refractivity (Wildman–Crippen MR) is 134 cm³/mol. The minimum atomic E-state index is -2.33. The molecule has 190 valence electrons. The maximum absolute atomic E-state index is 11.8. The summed E-state index contributed by atoms with van der Waals surface area (Å²) in [6.07, 6.45) is -5.48. The van der Waals surface area contributed by atoms with Gasteiger partial charge >= 0.3 is 0 Å². The first-order chi connectivity index (χ1) is 15.7. The zero-order valence-electron chi connectivity index (χ0n) is 21.6. The van der Waals surface area contributed by atoms with E-state index in [9.17, 15) is 30.6 Å². The molecule has 0 bridgehead atoms. The van der Waals surface area contributed by atoms with E-state index in [1.165, 1.54) is 0 Å². The van der Waals surface area contributed by atoms with Gasteiger partial charge in [-0.25, -0.2) is 0 Å². The van der Waals surface area contributed by atoms with Crippen LogP contribution in [0, 0.1) is 41.5 Å². The molecule has 0 saturated carbocycles. The summed E-state index contributed by atoms with van der Waals surface area (Å²) in [4.78, 5) is 0. The molecule has 2 aromatic carbocycles. The number of hydrogen-bond acceptors (Lipinski definition) is 6. The van der Waals surface area contributed by atoms with E-state index in [1.807, 2.05) is 65.8 Å². The average Bonchev–Trinajstić information content (AvgIpc) is 2.83. The summed E-state index contributed by atoms with van der Waals surface area (Å²) in [6, 6.07) is 7.56. The predicted octanol–water partition coefficient (Wildman–Crippen LogP) is 2.27. The lowest BCUT2D eigenvalue weighted by molar-refractivity contribution is -0.229. The molecule has 0 heterocycles. The van der Waals surface area contributed by atoms with E-state index >= 15 is 0 Å². The van der Waals surface area contributed by atoms with Gasteiger partial charge in [-0.1, -0.05) is 31.2 Å². The Kier molecular flexibility index (Phi) is 9.08. The first-order valence-corrected chi connectivity index (χ1v) is 11.9. The average molecular weight is 475 g/mol. The molecular weight excluding hydrogens is 432 g/mol. The quantitative estimate of drug-likeness (QED) is 0.314. The van der Waals surface area contributed by atoms with E-state index in [1.54, 1.807) is 6.92 Å². The summed E-state index contributed by atoms with van der Waals surface area (Å²) >= 11 is 0. The summed E-state index contributed by atoms with van der Waals surface area (Å²) in [5.74, 6) is 0. The van der Waals surface area contributed by atoms with Crippen molar-refractivity contribution >= 4 is 0 Å². The molecule has 6 heteroatoms. The lowest BCUT2D eigenvalue weighted by Gasteiger charge is -2.46. The van der Waals surface area contributed by atoms with Crippen molar-refractivity contribution in [3.05, 3.63) is 68.8 Å². The first kappa shape index (κ1) is 28.4. The van der Waals surface area contributed by atoms with Crippen LogP contribution in [0.25, 0.3) is 0 Å². The molecular formula is C28H42O6. The number of hydrogen-bond donors (Lipinski definition) is 6. The fraction of sp³-hybridized carbons (Fsp3) is 0.571. The van der Waals surface area contributed by atoms with Crippen molar-refractivity contribution in [3.63, 3.8) is 0 Å². The van der Waals surface area contributed by atoms with Gasteiger partial charge in [-0.3, -0.25) is 0 Å². The number of aliphatic hydroxyl groups is 6. The van der Waals surface area contributed by atoms with Crippen molar-refractivity contribution in [1.29, 1.82) is 0 Å². The van der Waals surface area contributed by atoms with Gasteiger partial charge in [0.1, 0.15) is 23.9 Å². The second-order valence-corrected chi connectivity index (χ2v) is 9.98. The highest BCUT2D eigenvalue weighted by Crippen LogP contribution is 2.36. The van der Waals surface area contributed by atoms with Gasteiger partial charge in [0.05, 0.1) is 12.2 Å². The molecule has 6 N–H and O–H groups in total. The number of aliphatic hydroxyl groups excluding tert-OH is 4. The van der Waals surface area contributed by atoms with E-state index in [-0.39, 0.29) is 19.3 Å². The third kappa shape index (κ3) is 5.38. The molecule has 2 rings (SSSR count). The molecule has 5 atom stereocenters. The molecule has 0 radical (unpaired) electrons. The van der Waals surface area contributed by atoms with E-state index in [2.05, 4.69) is 0 Å². The van der Waals surface area contributed by atoms with Crippen LogP contribution in [-0.4, -0.2) is 66.8 Å². The fourth-order valence-corrected chi connectivity index (χ4v) is 4.72. The largest absolute Gasteiger partial charge is 0.394 e. The molecule has 0 saturated heterocycles. The van der Waals surface area contributed by atoms with Gasteiger partial charge in [0.2, 0.25) is 0 Å². The highest BCUT2D eigenvalue weighted by molar-refractivity contribution is 5.41. The Morgan fingerprint density at radius 3 is 1.56 bits per heavy atom. The summed E-state index contributed by atoms with van der Waals surface area (Å²) in [5, 5.41) is 65.5. The molecule has 0 aliphatic rings. The second-order valence-electron chi connectivity index (χ2n) is 9.98. The van der Waals surface area contributed by atoms with Gasteiger partial charge in [0, 0.05) is 12.8 Å². The van der Waals surface area contributed by atoms with Crippen molar-refractivity contribution < 1.29 is 30.6 Å². The summed E-state index contributed by atoms with van der Waals surface area (Å²) < 4.78 is 0. The normalized spacial score (nSPS) is 18.1. The SMILES string of the molecule is CCC(O)(Cc1ccc(C)c(C)c1C)[C@@H](O)[C@@](O)(Cc1ccc(C)c(C)c1C)[C@H](O)[C@@H](O)CO.